The standard InChI is InChI=1S/C18H29N3O2/c1-4-23-16-10-8-15(9-11-16)20-17(22)19-14-18(2,3)21-12-6-5-7-13-21/h8-11H,4-7,12-14H2,1-3H3,(H2,19,20,22). The molecular weight excluding hydrogens is 290 g/mol. The van der Waals surface area contributed by atoms with E-state index in [-0.39, 0.29) is 11.6 Å². The van der Waals surface area contributed by atoms with E-state index in [9.17, 15) is 4.79 Å². The number of piperidine rings is 1. The van der Waals surface area contributed by atoms with Crippen molar-refractivity contribution in [2.45, 2.75) is 45.6 Å². The van der Waals surface area contributed by atoms with Crippen LogP contribution in [-0.4, -0.2) is 42.7 Å². The third kappa shape index (κ3) is 5.43. The van der Waals surface area contributed by atoms with Crippen molar-refractivity contribution >= 4 is 11.7 Å². The molecule has 0 aliphatic carbocycles. The summed E-state index contributed by atoms with van der Waals surface area (Å²) in [5, 5.41) is 5.85. The van der Waals surface area contributed by atoms with Crippen LogP contribution in [0.1, 0.15) is 40.0 Å². The third-order valence-electron chi connectivity index (χ3n) is 4.32. The predicted octanol–water partition coefficient (Wildman–Crippen LogP) is 3.47. The fraction of sp³-hybridized carbons (Fsp3) is 0.611. The zero-order valence-corrected chi connectivity index (χ0v) is 14.5. The third-order valence-corrected chi connectivity index (χ3v) is 4.32. The number of carbonyl (C=O) groups excluding carboxylic acids is 1. The largest absolute Gasteiger partial charge is 0.494 e. The lowest BCUT2D eigenvalue weighted by atomic mass is 9.98. The number of anilines is 1. The molecule has 0 bridgehead atoms. The fourth-order valence-corrected chi connectivity index (χ4v) is 2.88. The van der Waals surface area contributed by atoms with E-state index in [4.69, 9.17) is 4.74 Å². The number of rotatable bonds is 6. The van der Waals surface area contributed by atoms with E-state index < -0.39 is 0 Å². The molecule has 1 saturated heterocycles. The van der Waals surface area contributed by atoms with E-state index in [1.807, 2.05) is 31.2 Å². The Kier molecular flexibility index (Phi) is 6.28. The first-order chi connectivity index (χ1) is 11.0. The molecule has 1 fully saturated rings. The van der Waals surface area contributed by atoms with Gasteiger partial charge in [-0.2, -0.15) is 0 Å². The van der Waals surface area contributed by atoms with Crippen LogP contribution >= 0.6 is 0 Å². The van der Waals surface area contributed by atoms with Crippen molar-refractivity contribution in [1.82, 2.24) is 10.2 Å². The van der Waals surface area contributed by atoms with Gasteiger partial charge >= 0.3 is 6.03 Å². The minimum absolute atomic E-state index is 0.0173. The highest BCUT2D eigenvalue weighted by Crippen LogP contribution is 2.20. The van der Waals surface area contributed by atoms with Crippen LogP contribution in [0.4, 0.5) is 10.5 Å². The lowest BCUT2D eigenvalue weighted by Gasteiger charge is -2.41. The van der Waals surface area contributed by atoms with Crippen LogP contribution in [0.3, 0.4) is 0 Å². The SMILES string of the molecule is CCOc1ccc(NC(=O)NCC(C)(C)N2CCCCC2)cc1. The van der Waals surface area contributed by atoms with Gasteiger partial charge in [-0.3, -0.25) is 4.90 Å². The number of nitrogens with one attached hydrogen (secondary N) is 2. The van der Waals surface area contributed by atoms with Crippen LogP contribution in [0.2, 0.25) is 0 Å². The number of benzene rings is 1. The molecule has 128 valence electrons. The maximum absolute atomic E-state index is 12.1. The minimum Gasteiger partial charge on any atom is -0.494 e. The summed E-state index contributed by atoms with van der Waals surface area (Å²) in [6.45, 7) is 9.84. The van der Waals surface area contributed by atoms with Gasteiger partial charge in [0.05, 0.1) is 6.61 Å². The molecule has 0 saturated carbocycles. The van der Waals surface area contributed by atoms with Crippen molar-refractivity contribution in [2.75, 3.05) is 31.6 Å². The number of likely N-dealkylation sites (tertiary alicyclic amines) is 1. The Morgan fingerprint density at radius 3 is 2.43 bits per heavy atom. The summed E-state index contributed by atoms with van der Waals surface area (Å²) in [6.07, 6.45) is 3.82. The Hall–Kier alpha value is -1.75. The topological polar surface area (TPSA) is 53.6 Å². The van der Waals surface area contributed by atoms with Crippen molar-refractivity contribution in [3.8, 4) is 5.75 Å². The predicted molar refractivity (Wildman–Crippen MR) is 94.1 cm³/mol. The van der Waals surface area contributed by atoms with Gasteiger partial charge in [-0.25, -0.2) is 4.79 Å². The molecule has 0 aromatic heterocycles. The van der Waals surface area contributed by atoms with Crippen molar-refractivity contribution in [2.24, 2.45) is 0 Å². The van der Waals surface area contributed by atoms with E-state index in [1.54, 1.807) is 0 Å². The number of nitrogens with zero attached hydrogens (tertiary/aromatic N) is 1. The van der Waals surface area contributed by atoms with Crippen LogP contribution in [0.25, 0.3) is 0 Å². The summed E-state index contributed by atoms with van der Waals surface area (Å²) in [6, 6.07) is 7.24. The normalized spacial score (nSPS) is 16.0. The average Bonchev–Trinajstić information content (AvgIpc) is 2.56. The van der Waals surface area contributed by atoms with E-state index in [0.29, 0.717) is 13.2 Å². The Morgan fingerprint density at radius 1 is 1.17 bits per heavy atom. The fourth-order valence-electron chi connectivity index (χ4n) is 2.88. The van der Waals surface area contributed by atoms with E-state index in [1.165, 1.54) is 19.3 Å². The quantitative estimate of drug-likeness (QED) is 0.844. The van der Waals surface area contributed by atoms with E-state index in [2.05, 4.69) is 29.4 Å². The van der Waals surface area contributed by atoms with Gasteiger partial charge in [-0.1, -0.05) is 6.42 Å². The number of hydrogen-bond acceptors (Lipinski definition) is 3. The Balaban J connectivity index is 1.79. The molecule has 5 heteroatoms. The monoisotopic (exact) mass is 319 g/mol. The van der Waals surface area contributed by atoms with E-state index >= 15 is 0 Å². The maximum Gasteiger partial charge on any atom is 0.319 e. The van der Waals surface area contributed by atoms with Crippen LogP contribution in [0.15, 0.2) is 24.3 Å². The summed E-state index contributed by atoms with van der Waals surface area (Å²) >= 11 is 0. The van der Waals surface area contributed by atoms with Gasteiger partial charge in [0.2, 0.25) is 0 Å². The Bertz CT molecular complexity index is 493. The van der Waals surface area contributed by atoms with Crippen molar-refractivity contribution in [1.29, 1.82) is 0 Å². The molecule has 1 aromatic carbocycles. The molecular formula is C18H29N3O2. The smallest absolute Gasteiger partial charge is 0.319 e. The molecule has 1 aliphatic rings. The highest BCUT2D eigenvalue weighted by molar-refractivity contribution is 5.89. The van der Waals surface area contributed by atoms with Gasteiger partial charge in [0.25, 0.3) is 0 Å². The van der Waals surface area contributed by atoms with Crippen molar-refractivity contribution in [3.05, 3.63) is 24.3 Å². The van der Waals surface area contributed by atoms with Gasteiger partial charge in [0.15, 0.2) is 0 Å². The molecule has 0 unspecified atom stereocenters. The lowest BCUT2D eigenvalue weighted by Crippen LogP contribution is -2.53. The number of urea groups is 1. The van der Waals surface area contributed by atoms with Crippen molar-refractivity contribution in [3.63, 3.8) is 0 Å². The highest BCUT2D eigenvalue weighted by Gasteiger charge is 2.28. The molecule has 2 N–H and O–H groups in total. The summed E-state index contributed by atoms with van der Waals surface area (Å²) in [5.74, 6) is 0.810. The summed E-state index contributed by atoms with van der Waals surface area (Å²) in [5.41, 5.74) is 0.748. The van der Waals surface area contributed by atoms with Gasteiger partial charge in [-0.05, 0) is 71.0 Å². The highest BCUT2D eigenvalue weighted by atomic mass is 16.5. The summed E-state index contributed by atoms with van der Waals surface area (Å²) in [7, 11) is 0. The molecule has 0 spiro atoms. The van der Waals surface area contributed by atoms with Gasteiger partial charge in [0, 0.05) is 17.8 Å². The average molecular weight is 319 g/mol. The zero-order valence-electron chi connectivity index (χ0n) is 14.5. The number of carbonyl (C=O) groups is 1. The minimum atomic E-state index is -0.167. The van der Waals surface area contributed by atoms with Gasteiger partial charge in [-0.15, -0.1) is 0 Å². The first kappa shape index (κ1) is 17.6. The number of hydrogen-bond donors (Lipinski definition) is 2. The lowest BCUT2D eigenvalue weighted by molar-refractivity contribution is 0.0965. The molecule has 0 radical (unpaired) electrons. The summed E-state index contributed by atoms with van der Waals surface area (Å²) < 4.78 is 5.39. The molecule has 1 aromatic rings. The van der Waals surface area contributed by atoms with Gasteiger partial charge in [0.1, 0.15) is 5.75 Å². The second-order valence-electron chi connectivity index (χ2n) is 6.63. The molecule has 1 aliphatic heterocycles. The maximum atomic E-state index is 12.1. The molecule has 0 atom stereocenters. The van der Waals surface area contributed by atoms with Crippen molar-refractivity contribution < 1.29 is 9.53 Å². The Labute approximate surface area is 139 Å². The second kappa shape index (κ2) is 8.20. The number of ether oxygens (including phenoxy) is 1. The second-order valence-corrected chi connectivity index (χ2v) is 6.63. The zero-order chi connectivity index (χ0) is 16.7. The van der Waals surface area contributed by atoms with Crippen LogP contribution in [-0.2, 0) is 0 Å². The molecule has 2 rings (SSSR count). The molecule has 2 amide bonds. The molecule has 5 nitrogen and oxygen atoms in total. The molecule has 23 heavy (non-hydrogen) atoms. The number of amides is 2. The van der Waals surface area contributed by atoms with Crippen LogP contribution < -0.4 is 15.4 Å². The first-order valence-corrected chi connectivity index (χ1v) is 8.54. The van der Waals surface area contributed by atoms with Gasteiger partial charge < -0.3 is 15.4 Å². The van der Waals surface area contributed by atoms with Crippen LogP contribution in [0.5, 0.6) is 5.75 Å². The molecule has 1 heterocycles. The first-order valence-electron chi connectivity index (χ1n) is 8.54. The van der Waals surface area contributed by atoms with E-state index in [0.717, 1.165) is 24.5 Å². The summed E-state index contributed by atoms with van der Waals surface area (Å²) in [4.78, 5) is 14.5. The van der Waals surface area contributed by atoms with Crippen LogP contribution in [0, 0.1) is 0 Å². The Morgan fingerprint density at radius 2 is 1.83 bits per heavy atom.